The number of nitrogens with zero attached hydrogens (tertiary/aromatic N) is 3. The lowest BCUT2D eigenvalue weighted by Crippen LogP contribution is -2.23. The molecule has 36 heavy (non-hydrogen) atoms. The van der Waals surface area contributed by atoms with Gasteiger partial charge in [0.15, 0.2) is 23.3 Å². The van der Waals surface area contributed by atoms with E-state index in [2.05, 4.69) is 15.0 Å². The number of rotatable bonds is 5. The Balaban J connectivity index is 1.42. The van der Waals surface area contributed by atoms with Crippen molar-refractivity contribution in [3.05, 3.63) is 95.3 Å². The molecule has 0 aliphatic heterocycles. The second-order valence-corrected chi connectivity index (χ2v) is 8.83. The number of thiazole rings is 1. The molecule has 0 aliphatic carbocycles. The lowest BCUT2D eigenvalue weighted by Gasteiger charge is -2.19. The smallest absolute Gasteiger partial charge is 0.429 e. The van der Waals surface area contributed by atoms with Crippen LogP contribution in [0.15, 0.2) is 60.9 Å². The van der Waals surface area contributed by atoms with Crippen LogP contribution < -0.4 is 4.74 Å². The third kappa shape index (κ3) is 4.49. The van der Waals surface area contributed by atoms with Crippen molar-refractivity contribution in [3.8, 4) is 27.7 Å². The maximum Gasteiger partial charge on any atom is 0.429 e. The number of ether oxygens (including phenoxy) is 1. The number of alkyl halides is 2. The SMILES string of the molecule is Cc1cnc(-c2ccc(C(F)(F)Oc3ccc4nc(-c5cc(F)c(F)c(F)c5)sc4c3)c(F)c2)nc1. The van der Waals surface area contributed by atoms with Gasteiger partial charge < -0.3 is 4.74 Å². The summed E-state index contributed by atoms with van der Waals surface area (Å²) in [7, 11) is 0. The first-order valence-corrected chi connectivity index (χ1v) is 11.1. The van der Waals surface area contributed by atoms with Crippen LogP contribution in [0, 0.1) is 30.2 Å². The number of benzene rings is 3. The highest BCUT2D eigenvalue weighted by atomic mass is 32.1. The van der Waals surface area contributed by atoms with Crippen molar-refractivity contribution in [2.24, 2.45) is 0 Å². The van der Waals surface area contributed by atoms with Gasteiger partial charge in [-0.3, -0.25) is 0 Å². The molecule has 0 amide bonds. The molecule has 5 rings (SSSR count). The Morgan fingerprint density at radius 2 is 1.47 bits per heavy atom. The topological polar surface area (TPSA) is 47.9 Å². The van der Waals surface area contributed by atoms with Crippen LogP contribution in [0.3, 0.4) is 0 Å². The lowest BCUT2D eigenvalue weighted by atomic mass is 10.1. The molecular formula is C25H13F6N3OS. The molecule has 0 radical (unpaired) electrons. The first-order chi connectivity index (χ1) is 17.1. The minimum Gasteiger partial charge on any atom is -0.429 e. The summed E-state index contributed by atoms with van der Waals surface area (Å²) in [5, 5.41) is 0.145. The molecule has 11 heteroatoms. The lowest BCUT2D eigenvalue weighted by molar-refractivity contribution is -0.187. The Hall–Kier alpha value is -3.99. The van der Waals surface area contributed by atoms with Crippen molar-refractivity contribution in [2.75, 3.05) is 0 Å². The summed E-state index contributed by atoms with van der Waals surface area (Å²) in [6.45, 7) is 1.78. The van der Waals surface area contributed by atoms with Gasteiger partial charge in [-0.15, -0.1) is 11.3 Å². The largest absolute Gasteiger partial charge is 0.429 e. The van der Waals surface area contributed by atoms with Crippen molar-refractivity contribution in [1.82, 2.24) is 15.0 Å². The van der Waals surface area contributed by atoms with Crippen LogP contribution >= 0.6 is 11.3 Å². The van der Waals surface area contributed by atoms with Gasteiger partial charge in [-0.2, -0.15) is 8.78 Å². The summed E-state index contributed by atoms with van der Waals surface area (Å²) in [6, 6.07) is 8.45. The van der Waals surface area contributed by atoms with E-state index in [-0.39, 0.29) is 27.7 Å². The molecular weight excluding hydrogens is 504 g/mol. The van der Waals surface area contributed by atoms with E-state index >= 15 is 0 Å². The van der Waals surface area contributed by atoms with Gasteiger partial charge in [-0.25, -0.2) is 32.5 Å². The first-order valence-electron chi connectivity index (χ1n) is 10.3. The zero-order valence-corrected chi connectivity index (χ0v) is 19.0. The normalized spacial score (nSPS) is 11.8. The number of fused-ring (bicyclic) bond motifs is 1. The van der Waals surface area contributed by atoms with Gasteiger partial charge in [0.25, 0.3) is 0 Å². The van der Waals surface area contributed by atoms with Gasteiger partial charge in [-0.05, 0) is 55.0 Å². The molecule has 0 atom stereocenters. The van der Waals surface area contributed by atoms with Crippen molar-refractivity contribution in [3.63, 3.8) is 0 Å². The Morgan fingerprint density at radius 1 is 0.806 bits per heavy atom. The molecule has 3 aromatic carbocycles. The summed E-state index contributed by atoms with van der Waals surface area (Å²) in [6.07, 6.45) is -0.979. The van der Waals surface area contributed by atoms with Crippen LogP contribution in [0.4, 0.5) is 26.3 Å². The predicted octanol–water partition coefficient (Wildman–Crippen LogP) is 7.41. The summed E-state index contributed by atoms with van der Waals surface area (Å²) in [4.78, 5) is 12.3. The minimum absolute atomic E-state index is 0.0138. The Kier molecular flexibility index (Phi) is 5.87. The third-order valence-corrected chi connectivity index (χ3v) is 6.23. The van der Waals surface area contributed by atoms with Crippen LogP contribution in [0.1, 0.15) is 11.1 Å². The molecule has 0 N–H and O–H groups in total. The van der Waals surface area contributed by atoms with Crippen LogP contribution in [0.2, 0.25) is 0 Å². The highest BCUT2D eigenvalue weighted by Crippen LogP contribution is 2.38. The van der Waals surface area contributed by atoms with Gasteiger partial charge in [0.2, 0.25) is 0 Å². The van der Waals surface area contributed by atoms with E-state index in [0.717, 1.165) is 41.2 Å². The fraction of sp³-hybridized carbons (Fsp3) is 0.0800. The number of aromatic nitrogens is 3. The molecule has 2 aromatic heterocycles. The van der Waals surface area contributed by atoms with Crippen molar-refractivity contribution in [1.29, 1.82) is 0 Å². The molecule has 0 saturated heterocycles. The molecule has 0 saturated carbocycles. The fourth-order valence-electron chi connectivity index (χ4n) is 3.41. The van der Waals surface area contributed by atoms with Crippen molar-refractivity contribution >= 4 is 21.6 Å². The van der Waals surface area contributed by atoms with Gasteiger partial charge in [0, 0.05) is 23.5 Å². The highest BCUT2D eigenvalue weighted by Gasteiger charge is 2.38. The highest BCUT2D eigenvalue weighted by molar-refractivity contribution is 7.21. The second-order valence-electron chi connectivity index (χ2n) is 7.80. The van der Waals surface area contributed by atoms with Gasteiger partial charge in [0.1, 0.15) is 16.6 Å². The summed E-state index contributed by atoms with van der Waals surface area (Å²) >= 11 is 0.934. The Labute approximate surface area is 203 Å². The Bertz CT molecular complexity index is 1580. The molecule has 5 aromatic rings. The second kappa shape index (κ2) is 8.90. The van der Waals surface area contributed by atoms with E-state index in [4.69, 9.17) is 4.74 Å². The van der Waals surface area contributed by atoms with E-state index in [1.54, 1.807) is 6.92 Å². The molecule has 4 nitrogen and oxygen atoms in total. The average Bonchev–Trinajstić information content (AvgIpc) is 3.25. The number of halogens is 6. The molecule has 182 valence electrons. The van der Waals surface area contributed by atoms with Crippen LogP contribution in [-0.2, 0) is 6.11 Å². The van der Waals surface area contributed by atoms with E-state index in [1.165, 1.54) is 36.7 Å². The van der Waals surface area contributed by atoms with Crippen LogP contribution in [0.5, 0.6) is 5.75 Å². The predicted molar refractivity (Wildman–Crippen MR) is 122 cm³/mol. The molecule has 0 fully saturated rings. The van der Waals surface area contributed by atoms with Gasteiger partial charge >= 0.3 is 6.11 Å². The number of aryl methyl sites for hydroxylation is 1. The van der Waals surface area contributed by atoms with E-state index in [1.807, 2.05) is 0 Å². The van der Waals surface area contributed by atoms with Gasteiger partial charge in [-0.1, -0.05) is 6.07 Å². The quantitative estimate of drug-likeness (QED) is 0.180. The van der Waals surface area contributed by atoms with Crippen LogP contribution in [-0.4, -0.2) is 15.0 Å². The fourth-order valence-corrected chi connectivity index (χ4v) is 4.39. The number of hydrogen-bond donors (Lipinski definition) is 0. The first kappa shape index (κ1) is 23.7. The molecule has 0 aliphatic rings. The Morgan fingerprint density at radius 3 is 2.14 bits per heavy atom. The third-order valence-electron chi connectivity index (χ3n) is 5.16. The standard InChI is InChI=1S/C25H13F6N3OS/c1-12-10-32-23(33-11-12)13-2-4-16(17(26)6-13)25(30,31)35-15-3-5-20-21(9-15)36-24(34-20)14-7-18(27)22(29)19(28)8-14/h2-11H,1H3. The average molecular weight is 517 g/mol. The molecule has 2 heterocycles. The molecule has 0 bridgehead atoms. The van der Waals surface area contributed by atoms with Crippen molar-refractivity contribution in [2.45, 2.75) is 13.0 Å². The van der Waals surface area contributed by atoms with Gasteiger partial charge in [0.05, 0.1) is 15.8 Å². The summed E-state index contributed by atoms with van der Waals surface area (Å²) < 4.78 is 89.9. The molecule has 0 spiro atoms. The zero-order chi connectivity index (χ0) is 25.6. The zero-order valence-electron chi connectivity index (χ0n) is 18.2. The minimum atomic E-state index is -4.03. The van der Waals surface area contributed by atoms with E-state index in [9.17, 15) is 26.3 Å². The van der Waals surface area contributed by atoms with E-state index < -0.39 is 34.9 Å². The monoisotopic (exact) mass is 517 g/mol. The number of hydrogen-bond acceptors (Lipinski definition) is 5. The molecule has 0 unspecified atom stereocenters. The van der Waals surface area contributed by atoms with E-state index in [0.29, 0.717) is 10.2 Å². The van der Waals surface area contributed by atoms with Crippen LogP contribution in [0.25, 0.3) is 32.2 Å². The summed E-state index contributed by atoms with van der Waals surface area (Å²) in [5.74, 6) is -5.68. The summed E-state index contributed by atoms with van der Waals surface area (Å²) in [5.41, 5.74) is 0.349. The maximum absolute atomic E-state index is 14.9. The maximum atomic E-state index is 14.9. The van der Waals surface area contributed by atoms with Crippen molar-refractivity contribution < 1.29 is 31.1 Å².